The number of nitrogens with two attached hydrogens (primary N) is 1. The third kappa shape index (κ3) is 5.31. The van der Waals surface area contributed by atoms with E-state index < -0.39 is 17.7 Å². The van der Waals surface area contributed by atoms with Gasteiger partial charge in [0.25, 0.3) is 0 Å². The summed E-state index contributed by atoms with van der Waals surface area (Å²) in [6, 6.07) is 10.1. The van der Waals surface area contributed by atoms with Crippen LogP contribution in [-0.4, -0.2) is 33.9 Å². The molecule has 2 aromatic heterocycles. The molecule has 0 fully saturated rings. The van der Waals surface area contributed by atoms with Crippen LogP contribution >= 0.6 is 11.6 Å². The van der Waals surface area contributed by atoms with Crippen molar-refractivity contribution in [3.05, 3.63) is 82.1 Å². The Balaban J connectivity index is 1.72. The van der Waals surface area contributed by atoms with Crippen LogP contribution in [0, 0.1) is 24.5 Å². The molecule has 0 unspecified atom stereocenters. The predicted molar refractivity (Wildman–Crippen MR) is 151 cm³/mol. The zero-order chi connectivity index (χ0) is 28.6. The van der Waals surface area contributed by atoms with Crippen LogP contribution < -0.4 is 20.7 Å². The van der Waals surface area contributed by atoms with Gasteiger partial charge in [-0.1, -0.05) is 37.6 Å². The number of aromatic nitrogens is 3. The fraction of sp³-hybridized carbons (Fsp3) is 0.276. The molecule has 0 atom stereocenters. The van der Waals surface area contributed by atoms with Gasteiger partial charge in [0, 0.05) is 42.9 Å². The Hall–Kier alpha value is -4.18. The van der Waals surface area contributed by atoms with E-state index >= 15 is 8.78 Å². The number of fused-ring (bicyclic) bond motifs is 1. The fourth-order valence-corrected chi connectivity index (χ4v) is 5.08. The van der Waals surface area contributed by atoms with E-state index in [-0.39, 0.29) is 17.2 Å². The molecule has 0 saturated heterocycles. The average Bonchev–Trinajstić information content (AvgIpc) is 3.27. The number of anilines is 2. The van der Waals surface area contributed by atoms with E-state index in [2.05, 4.69) is 10.3 Å². The van der Waals surface area contributed by atoms with Crippen LogP contribution in [0.3, 0.4) is 0 Å². The number of benzene rings is 2. The first-order valence-electron chi connectivity index (χ1n) is 12.9. The number of halogens is 3. The molecule has 0 radical (unpaired) electrons. The summed E-state index contributed by atoms with van der Waals surface area (Å²) in [5.74, 6) is -0.143. The van der Waals surface area contributed by atoms with Crippen molar-refractivity contribution in [1.29, 1.82) is 0 Å². The summed E-state index contributed by atoms with van der Waals surface area (Å²) in [7, 11) is 0. The number of carbonyl (C=O) groups is 1. The van der Waals surface area contributed by atoms with Crippen molar-refractivity contribution in [1.82, 2.24) is 14.8 Å². The summed E-state index contributed by atoms with van der Waals surface area (Å²) in [4.78, 5) is 17.8. The van der Waals surface area contributed by atoms with Gasteiger partial charge in [0.05, 0.1) is 28.7 Å². The van der Waals surface area contributed by atoms with Crippen LogP contribution in [0.4, 0.5) is 25.1 Å². The molecule has 8 nitrogen and oxygen atoms in total. The Morgan fingerprint density at radius 3 is 2.73 bits per heavy atom. The van der Waals surface area contributed by atoms with Gasteiger partial charge in [0.2, 0.25) is 0 Å². The van der Waals surface area contributed by atoms with Crippen LogP contribution in [0.15, 0.2) is 48.7 Å². The molecule has 3 N–H and O–H groups in total. The van der Waals surface area contributed by atoms with Gasteiger partial charge in [-0.3, -0.25) is 0 Å². The number of hydrogen-bond donors (Lipinski definition) is 2. The SMILES string of the molecule is Cc1cccc(OCC(C)C)c1-n1nc2c(c1-c1cc(F)c(NC(N)=O)cc1F)CN(c1ncccc1Cl)CC2. The van der Waals surface area contributed by atoms with E-state index in [1.165, 1.54) is 0 Å². The van der Waals surface area contributed by atoms with Crippen LogP contribution in [0.1, 0.15) is 30.7 Å². The lowest BCUT2D eigenvalue weighted by molar-refractivity contribution is 0.259. The molecular weight excluding hydrogens is 538 g/mol. The monoisotopic (exact) mass is 566 g/mol. The third-order valence-electron chi connectivity index (χ3n) is 6.63. The van der Waals surface area contributed by atoms with Crippen molar-refractivity contribution in [3.63, 3.8) is 0 Å². The van der Waals surface area contributed by atoms with Crippen molar-refractivity contribution in [3.8, 4) is 22.7 Å². The molecule has 208 valence electrons. The highest BCUT2D eigenvalue weighted by Crippen LogP contribution is 2.40. The summed E-state index contributed by atoms with van der Waals surface area (Å²) >= 11 is 6.45. The number of aryl methyl sites for hydroxylation is 1. The molecule has 40 heavy (non-hydrogen) atoms. The highest BCUT2D eigenvalue weighted by molar-refractivity contribution is 6.32. The minimum Gasteiger partial charge on any atom is -0.491 e. The summed E-state index contributed by atoms with van der Waals surface area (Å²) in [5.41, 5.74) is 8.08. The van der Waals surface area contributed by atoms with Crippen molar-refractivity contribution in [2.45, 2.75) is 33.7 Å². The lowest BCUT2D eigenvalue weighted by atomic mass is 9.99. The topological polar surface area (TPSA) is 98.3 Å². The van der Waals surface area contributed by atoms with Gasteiger partial charge in [0.1, 0.15) is 28.9 Å². The Bertz CT molecular complexity index is 1590. The lowest BCUT2D eigenvalue weighted by Gasteiger charge is -2.28. The maximum absolute atomic E-state index is 15.8. The second kappa shape index (κ2) is 11.1. The van der Waals surface area contributed by atoms with Gasteiger partial charge in [-0.2, -0.15) is 5.10 Å². The molecular formula is C29H29ClF2N6O2. The highest BCUT2D eigenvalue weighted by atomic mass is 35.5. The molecule has 1 aliphatic rings. The van der Waals surface area contributed by atoms with Crippen molar-refractivity contribution >= 4 is 29.1 Å². The number of amides is 2. The molecule has 2 amide bonds. The van der Waals surface area contributed by atoms with E-state index in [0.717, 1.165) is 23.4 Å². The van der Waals surface area contributed by atoms with Crippen molar-refractivity contribution < 1.29 is 18.3 Å². The molecule has 0 aliphatic carbocycles. The minimum absolute atomic E-state index is 0.0201. The molecule has 5 rings (SSSR count). The standard InChI is InChI=1S/C29H29ClF2N6O2/c1-16(2)15-40-25-8-4-6-17(3)26(25)38-27(18-12-22(32)24(13-21(18)31)35-29(33)39)19-14-37(11-9-23(19)36-38)28-20(30)7-5-10-34-28/h4-8,10,12-13,16H,9,11,14-15H2,1-3H3,(H3,33,35,39). The van der Waals surface area contributed by atoms with Crippen molar-refractivity contribution in [2.24, 2.45) is 11.7 Å². The maximum Gasteiger partial charge on any atom is 0.316 e. The minimum atomic E-state index is -0.997. The van der Waals surface area contributed by atoms with E-state index in [4.69, 9.17) is 27.2 Å². The number of urea groups is 1. The zero-order valence-electron chi connectivity index (χ0n) is 22.3. The molecule has 0 saturated carbocycles. The van der Waals surface area contributed by atoms with Gasteiger partial charge >= 0.3 is 6.03 Å². The Labute approximate surface area is 235 Å². The number of para-hydroxylation sites is 1. The number of nitrogens with one attached hydrogen (secondary N) is 1. The molecule has 3 heterocycles. The summed E-state index contributed by atoms with van der Waals surface area (Å²) in [6.07, 6.45) is 2.19. The first-order chi connectivity index (χ1) is 19.1. The molecule has 4 aromatic rings. The number of rotatable bonds is 7. The second-order valence-corrected chi connectivity index (χ2v) is 10.5. The lowest BCUT2D eigenvalue weighted by Crippen LogP contribution is -2.31. The van der Waals surface area contributed by atoms with Gasteiger partial charge in [0.15, 0.2) is 0 Å². The summed E-state index contributed by atoms with van der Waals surface area (Å²) in [6.45, 7) is 7.38. The Morgan fingerprint density at radius 2 is 2.00 bits per heavy atom. The quantitative estimate of drug-likeness (QED) is 0.275. The van der Waals surface area contributed by atoms with Crippen LogP contribution in [-0.2, 0) is 13.0 Å². The normalized spacial score (nSPS) is 12.9. The molecule has 1 aliphatic heterocycles. The van der Waals surface area contributed by atoms with Gasteiger partial charge < -0.3 is 20.7 Å². The van der Waals surface area contributed by atoms with Crippen LogP contribution in [0.5, 0.6) is 5.75 Å². The zero-order valence-corrected chi connectivity index (χ0v) is 23.1. The second-order valence-electron chi connectivity index (χ2n) is 10.1. The van der Waals surface area contributed by atoms with E-state index in [1.807, 2.05) is 43.9 Å². The van der Waals surface area contributed by atoms with Gasteiger partial charge in [-0.25, -0.2) is 23.2 Å². The third-order valence-corrected chi connectivity index (χ3v) is 6.92. The maximum atomic E-state index is 15.8. The average molecular weight is 567 g/mol. The van der Waals surface area contributed by atoms with Gasteiger partial charge in [-0.15, -0.1) is 0 Å². The predicted octanol–water partition coefficient (Wildman–Crippen LogP) is 6.26. The number of primary amides is 1. The summed E-state index contributed by atoms with van der Waals surface area (Å²) < 4.78 is 38.7. The number of hydrogen-bond acceptors (Lipinski definition) is 5. The molecule has 2 aromatic carbocycles. The largest absolute Gasteiger partial charge is 0.491 e. The fourth-order valence-electron chi connectivity index (χ4n) is 4.84. The van der Waals surface area contributed by atoms with E-state index in [9.17, 15) is 4.79 Å². The number of ether oxygens (including phenoxy) is 1. The number of nitrogens with zero attached hydrogens (tertiary/aromatic N) is 4. The van der Waals surface area contributed by atoms with Gasteiger partial charge in [-0.05, 0) is 42.7 Å². The van der Waals surface area contributed by atoms with E-state index in [1.54, 1.807) is 23.0 Å². The number of carbonyl (C=O) groups excluding carboxylic acids is 1. The molecule has 11 heteroatoms. The van der Waals surface area contributed by atoms with Crippen LogP contribution in [0.2, 0.25) is 5.02 Å². The number of pyridine rings is 1. The highest BCUT2D eigenvalue weighted by Gasteiger charge is 2.31. The summed E-state index contributed by atoms with van der Waals surface area (Å²) in [5, 5.41) is 7.53. The Kier molecular flexibility index (Phi) is 7.62. The van der Waals surface area contributed by atoms with Crippen molar-refractivity contribution in [2.75, 3.05) is 23.4 Å². The first-order valence-corrected chi connectivity index (χ1v) is 13.3. The smallest absolute Gasteiger partial charge is 0.316 e. The molecule has 0 bridgehead atoms. The van der Waals surface area contributed by atoms with Crippen LogP contribution in [0.25, 0.3) is 16.9 Å². The van der Waals surface area contributed by atoms with E-state index in [0.29, 0.717) is 59.7 Å². The molecule has 0 spiro atoms. The first kappa shape index (κ1) is 27.4. The Morgan fingerprint density at radius 1 is 1.20 bits per heavy atom.